The zero-order chi connectivity index (χ0) is 10.8. The van der Waals surface area contributed by atoms with Gasteiger partial charge in [0.1, 0.15) is 11.6 Å². The maximum Gasteiger partial charge on any atom is 0.121 e. The van der Waals surface area contributed by atoms with Crippen molar-refractivity contribution in [2.75, 3.05) is 12.8 Å². The van der Waals surface area contributed by atoms with Crippen LogP contribution in [0.15, 0.2) is 30.3 Å². The number of benzene rings is 1. The molecule has 2 rings (SSSR count). The molecule has 0 bridgehead atoms. The molecule has 0 unspecified atom stereocenters. The number of methoxy groups -OCH3 is 1. The first-order valence-electron chi connectivity index (χ1n) is 4.64. The summed E-state index contributed by atoms with van der Waals surface area (Å²) in [6.45, 7) is 0. The lowest BCUT2D eigenvalue weighted by Crippen LogP contribution is -1.96. The van der Waals surface area contributed by atoms with Gasteiger partial charge in [-0.2, -0.15) is 5.10 Å². The molecule has 2 aromatic rings. The number of nitrogen functional groups attached to an aromatic ring is 1. The minimum absolute atomic E-state index is 0.646. The standard InChI is InChI=1S/C11H13N3O/c1-14-11(12)7-10(13-14)8-4-3-5-9(6-8)15-2/h3-7H,12H2,1-2H3. The van der Waals surface area contributed by atoms with Crippen LogP contribution in [0.2, 0.25) is 0 Å². The summed E-state index contributed by atoms with van der Waals surface area (Å²) in [5.41, 5.74) is 7.57. The van der Waals surface area contributed by atoms with E-state index in [1.165, 1.54) is 0 Å². The van der Waals surface area contributed by atoms with E-state index in [4.69, 9.17) is 10.5 Å². The molecule has 4 heteroatoms. The average molecular weight is 203 g/mol. The van der Waals surface area contributed by atoms with E-state index in [1.54, 1.807) is 11.8 Å². The summed E-state index contributed by atoms with van der Waals surface area (Å²) < 4.78 is 6.80. The zero-order valence-electron chi connectivity index (χ0n) is 8.77. The van der Waals surface area contributed by atoms with E-state index in [9.17, 15) is 0 Å². The van der Waals surface area contributed by atoms with Crippen LogP contribution < -0.4 is 10.5 Å². The highest BCUT2D eigenvalue weighted by Gasteiger charge is 2.05. The van der Waals surface area contributed by atoms with E-state index in [1.807, 2.05) is 37.4 Å². The first-order chi connectivity index (χ1) is 7.20. The van der Waals surface area contributed by atoms with Gasteiger partial charge in [-0.05, 0) is 12.1 Å². The topological polar surface area (TPSA) is 53.1 Å². The number of nitrogens with two attached hydrogens (primary N) is 1. The van der Waals surface area contributed by atoms with Gasteiger partial charge >= 0.3 is 0 Å². The monoisotopic (exact) mass is 203 g/mol. The van der Waals surface area contributed by atoms with Crippen LogP contribution in [0.5, 0.6) is 5.75 Å². The molecule has 0 amide bonds. The third-order valence-electron chi connectivity index (χ3n) is 2.28. The zero-order valence-corrected chi connectivity index (χ0v) is 8.77. The molecule has 0 aliphatic heterocycles. The molecule has 2 N–H and O–H groups in total. The van der Waals surface area contributed by atoms with Crippen molar-refractivity contribution < 1.29 is 4.74 Å². The Bertz CT molecular complexity index is 457. The van der Waals surface area contributed by atoms with Crippen molar-refractivity contribution in [3.8, 4) is 17.0 Å². The lowest BCUT2D eigenvalue weighted by Gasteiger charge is -2.01. The Balaban J connectivity index is 2.44. The molecule has 0 fully saturated rings. The van der Waals surface area contributed by atoms with Gasteiger partial charge in [0.2, 0.25) is 0 Å². The molecule has 4 nitrogen and oxygen atoms in total. The number of aromatic nitrogens is 2. The van der Waals surface area contributed by atoms with Crippen LogP contribution in [0.3, 0.4) is 0 Å². The van der Waals surface area contributed by atoms with Gasteiger partial charge < -0.3 is 10.5 Å². The van der Waals surface area contributed by atoms with Gasteiger partial charge in [-0.3, -0.25) is 4.68 Å². The maximum atomic E-state index is 5.72. The van der Waals surface area contributed by atoms with E-state index in [0.717, 1.165) is 17.0 Å². The summed E-state index contributed by atoms with van der Waals surface area (Å²) in [5.74, 6) is 1.46. The van der Waals surface area contributed by atoms with Gasteiger partial charge in [-0.1, -0.05) is 12.1 Å². The van der Waals surface area contributed by atoms with Gasteiger partial charge in [0.15, 0.2) is 0 Å². The smallest absolute Gasteiger partial charge is 0.121 e. The Morgan fingerprint density at radius 1 is 1.33 bits per heavy atom. The molecule has 1 aromatic heterocycles. The van der Waals surface area contributed by atoms with E-state index in [-0.39, 0.29) is 0 Å². The second-order valence-corrected chi connectivity index (χ2v) is 3.31. The summed E-state index contributed by atoms with van der Waals surface area (Å²) in [6.07, 6.45) is 0. The average Bonchev–Trinajstić information content (AvgIpc) is 2.59. The number of nitrogens with zero attached hydrogens (tertiary/aromatic N) is 2. The molecule has 0 atom stereocenters. The highest BCUT2D eigenvalue weighted by atomic mass is 16.5. The van der Waals surface area contributed by atoms with E-state index >= 15 is 0 Å². The molecule has 0 aliphatic carbocycles. The Kier molecular flexibility index (Phi) is 2.33. The lowest BCUT2D eigenvalue weighted by atomic mass is 10.1. The highest BCUT2D eigenvalue weighted by molar-refractivity contribution is 5.63. The van der Waals surface area contributed by atoms with Crippen molar-refractivity contribution in [1.82, 2.24) is 9.78 Å². The SMILES string of the molecule is COc1cccc(-c2cc(N)n(C)n2)c1. The Morgan fingerprint density at radius 2 is 2.13 bits per heavy atom. The van der Waals surface area contributed by atoms with Crippen molar-refractivity contribution >= 4 is 5.82 Å². The maximum absolute atomic E-state index is 5.72. The third-order valence-corrected chi connectivity index (χ3v) is 2.28. The fourth-order valence-electron chi connectivity index (χ4n) is 1.41. The first-order valence-corrected chi connectivity index (χ1v) is 4.64. The number of hydrogen-bond donors (Lipinski definition) is 1. The number of rotatable bonds is 2. The highest BCUT2D eigenvalue weighted by Crippen LogP contribution is 2.23. The van der Waals surface area contributed by atoms with Crippen molar-refractivity contribution in [1.29, 1.82) is 0 Å². The molecular formula is C11H13N3O. The fourth-order valence-corrected chi connectivity index (χ4v) is 1.41. The van der Waals surface area contributed by atoms with Gasteiger partial charge in [-0.25, -0.2) is 0 Å². The number of anilines is 1. The van der Waals surface area contributed by atoms with Gasteiger partial charge in [0, 0.05) is 18.7 Å². The van der Waals surface area contributed by atoms with Crippen LogP contribution in [0, 0.1) is 0 Å². The van der Waals surface area contributed by atoms with Crippen LogP contribution in [0.1, 0.15) is 0 Å². The van der Waals surface area contributed by atoms with Crippen molar-refractivity contribution in [2.24, 2.45) is 7.05 Å². The predicted molar refractivity (Wildman–Crippen MR) is 59.6 cm³/mol. The molecule has 78 valence electrons. The van der Waals surface area contributed by atoms with Crippen LogP contribution in [-0.4, -0.2) is 16.9 Å². The van der Waals surface area contributed by atoms with Crippen molar-refractivity contribution in [3.05, 3.63) is 30.3 Å². The molecule has 0 saturated carbocycles. The largest absolute Gasteiger partial charge is 0.497 e. The van der Waals surface area contributed by atoms with E-state index in [2.05, 4.69) is 5.10 Å². The normalized spacial score (nSPS) is 10.3. The van der Waals surface area contributed by atoms with Crippen LogP contribution in [0.25, 0.3) is 11.3 Å². The molecule has 15 heavy (non-hydrogen) atoms. The van der Waals surface area contributed by atoms with E-state index < -0.39 is 0 Å². The quantitative estimate of drug-likeness (QED) is 0.807. The Hall–Kier alpha value is -1.97. The summed E-state index contributed by atoms with van der Waals surface area (Å²) in [7, 11) is 3.46. The molecule has 0 aliphatic rings. The first kappa shape index (κ1) is 9.58. The predicted octanol–water partition coefficient (Wildman–Crippen LogP) is 1.68. The third kappa shape index (κ3) is 1.79. The minimum Gasteiger partial charge on any atom is -0.497 e. The number of ether oxygens (including phenoxy) is 1. The summed E-state index contributed by atoms with van der Waals surface area (Å²) >= 11 is 0. The molecule has 0 radical (unpaired) electrons. The summed E-state index contributed by atoms with van der Waals surface area (Å²) in [5, 5.41) is 4.29. The minimum atomic E-state index is 0.646. The Labute approximate surface area is 88.3 Å². The van der Waals surface area contributed by atoms with Gasteiger partial charge in [0.05, 0.1) is 12.8 Å². The lowest BCUT2D eigenvalue weighted by molar-refractivity contribution is 0.415. The van der Waals surface area contributed by atoms with Crippen LogP contribution >= 0.6 is 0 Å². The van der Waals surface area contributed by atoms with Gasteiger partial charge in [-0.15, -0.1) is 0 Å². The Morgan fingerprint density at radius 3 is 2.73 bits per heavy atom. The molecule has 0 spiro atoms. The molecule has 1 aromatic carbocycles. The van der Waals surface area contributed by atoms with Crippen LogP contribution in [-0.2, 0) is 7.05 Å². The number of aryl methyl sites for hydroxylation is 1. The van der Waals surface area contributed by atoms with Crippen molar-refractivity contribution in [2.45, 2.75) is 0 Å². The molecule has 0 saturated heterocycles. The van der Waals surface area contributed by atoms with Gasteiger partial charge in [0.25, 0.3) is 0 Å². The number of hydrogen-bond acceptors (Lipinski definition) is 3. The van der Waals surface area contributed by atoms with Crippen molar-refractivity contribution in [3.63, 3.8) is 0 Å². The second-order valence-electron chi connectivity index (χ2n) is 3.31. The molecular weight excluding hydrogens is 190 g/mol. The molecule has 1 heterocycles. The summed E-state index contributed by atoms with van der Waals surface area (Å²) in [6, 6.07) is 9.58. The summed E-state index contributed by atoms with van der Waals surface area (Å²) in [4.78, 5) is 0. The fraction of sp³-hybridized carbons (Fsp3) is 0.182. The second kappa shape index (κ2) is 3.65. The van der Waals surface area contributed by atoms with Crippen LogP contribution in [0.4, 0.5) is 5.82 Å². The van der Waals surface area contributed by atoms with E-state index in [0.29, 0.717) is 5.82 Å².